The van der Waals surface area contributed by atoms with Crippen LogP contribution in [-0.4, -0.2) is 77.6 Å². The van der Waals surface area contributed by atoms with Crippen LogP contribution in [0.4, 0.5) is 0 Å². The lowest BCUT2D eigenvalue weighted by molar-refractivity contribution is -0.136. The van der Waals surface area contributed by atoms with Crippen molar-refractivity contribution in [2.24, 2.45) is 5.92 Å². The van der Waals surface area contributed by atoms with Gasteiger partial charge in [-0.25, -0.2) is 0 Å². The third-order valence-electron chi connectivity index (χ3n) is 7.14. The molecule has 4 aliphatic rings. The molecular formula is C23H27N5O5. The van der Waals surface area contributed by atoms with E-state index in [0.29, 0.717) is 25.6 Å². The summed E-state index contributed by atoms with van der Waals surface area (Å²) in [6.07, 6.45) is 2.32. The molecule has 0 bridgehead atoms. The maximum atomic E-state index is 13.1. The Kier molecular flexibility index (Phi) is 5.71. The van der Waals surface area contributed by atoms with Gasteiger partial charge in [0, 0.05) is 25.6 Å². The molecule has 10 heteroatoms. The molecule has 33 heavy (non-hydrogen) atoms. The molecule has 174 valence electrons. The van der Waals surface area contributed by atoms with E-state index in [1.165, 1.54) is 0 Å². The zero-order valence-electron chi connectivity index (χ0n) is 18.3. The average molecular weight is 453 g/mol. The summed E-state index contributed by atoms with van der Waals surface area (Å²) < 4.78 is 0. The molecule has 3 N–H and O–H groups in total. The molecule has 1 aromatic rings. The number of carbonyl (C=O) groups is 5. The van der Waals surface area contributed by atoms with Gasteiger partial charge in [-0.15, -0.1) is 0 Å². The molecule has 5 amide bonds. The maximum Gasteiger partial charge on any atom is 0.262 e. The number of hydrogen-bond acceptors (Lipinski definition) is 7. The lowest BCUT2D eigenvalue weighted by atomic mass is 9.87. The second kappa shape index (κ2) is 8.68. The molecule has 0 saturated carbocycles. The summed E-state index contributed by atoms with van der Waals surface area (Å²) in [4.78, 5) is 65.0. The van der Waals surface area contributed by atoms with Crippen LogP contribution in [0.25, 0.3) is 0 Å². The molecule has 3 fully saturated rings. The number of fused-ring (bicyclic) bond motifs is 1. The third kappa shape index (κ3) is 4.04. The fourth-order valence-electron chi connectivity index (χ4n) is 5.42. The number of imide groups is 2. The van der Waals surface area contributed by atoms with Crippen LogP contribution < -0.4 is 16.0 Å². The molecule has 4 heterocycles. The van der Waals surface area contributed by atoms with Gasteiger partial charge in [0.1, 0.15) is 6.04 Å². The van der Waals surface area contributed by atoms with Crippen LogP contribution in [0.5, 0.6) is 0 Å². The van der Waals surface area contributed by atoms with Crippen molar-refractivity contribution in [3.05, 3.63) is 34.9 Å². The number of hydrogen-bond donors (Lipinski definition) is 3. The van der Waals surface area contributed by atoms with Crippen molar-refractivity contribution >= 4 is 29.5 Å². The highest BCUT2D eigenvalue weighted by atomic mass is 16.2. The molecule has 10 nitrogen and oxygen atoms in total. The predicted molar refractivity (Wildman–Crippen MR) is 116 cm³/mol. The van der Waals surface area contributed by atoms with Crippen molar-refractivity contribution < 1.29 is 24.0 Å². The Morgan fingerprint density at radius 1 is 0.909 bits per heavy atom. The highest BCUT2D eigenvalue weighted by molar-refractivity contribution is 6.23. The number of piperidine rings is 2. The van der Waals surface area contributed by atoms with Gasteiger partial charge in [0.05, 0.1) is 17.7 Å². The summed E-state index contributed by atoms with van der Waals surface area (Å²) in [6.45, 7) is 3.33. The van der Waals surface area contributed by atoms with Crippen LogP contribution in [0.1, 0.15) is 52.0 Å². The molecule has 4 aliphatic heterocycles. The molecule has 0 spiro atoms. The Labute approximate surface area is 191 Å². The first-order chi connectivity index (χ1) is 15.9. The molecule has 0 aromatic heterocycles. The summed E-state index contributed by atoms with van der Waals surface area (Å²) in [5, 5.41) is 8.56. The smallest absolute Gasteiger partial charge is 0.262 e. The van der Waals surface area contributed by atoms with Gasteiger partial charge in [0.25, 0.3) is 11.8 Å². The van der Waals surface area contributed by atoms with Gasteiger partial charge in [0.15, 0.2) is 0 Å². The van der Waals surface area contributed by atoms with Crippen LogP contribution in [-0.2, 0) is 20.9 Å². The van der Waals surface area contributed by atoms with Gasteiger partial charge in [-0.3, -0.25) is 39.1 Å². The molecule has 0 radical (unpaired) electrons. The largest absolute Gasteiger partial charge is 0.353 e. The van der Waals surface area contributed by atoms with E-state index in [4.69, 9.17) is 0 Å². The van der Waals surface area contributed by atoms with Gasteiger partial charge in [-0.2, -0.15) is 0 Å². The summed E-state index contributed by atoms with van der Waals surface area (Å²) in [6, 6.07) is 4.38. The minimum atomic E-state index is -0.978. The molecule has 5 rings (SSSR count). The Balaban J connectivity index is 1.36. The van der Waals surface area contributed by atoms with Crippen LogP contribution in [0, 0.1) is 5.92 Å². The monoisotopic (exact) mass is 453 g/mol. The topological polar surface area (TPSA) is 128 Å². The second-order valence-electron chi connectivity index (χ2n) is 9.19. The number of carbonyl (C=O) groups excluding carboxylic acids is 5. The number of nitrogens with zero attached hydrogens (tertiary/aromatic N) is 2. The summed E-state index contributed by atoms with van der Waals surface area (Å²) >= 11 is 0. The van der Waals surface area contributed by atoms with E-state index in [-0.39, 0.29) is 35.9 Å². The van der Waals surface area contributed by atoms with E-state index >= 15 is 0 Å². The van der Waals surface area contributed by atoms with E-state index in [9.17, 15) is 24.0 Å². The van der Waals surface area contributed by atoms with E-state index in [1.807, 2.05) is 6.07 Å². The first-order valence-electron chi connectivity index (χ1n) is 11.5. The number of benzene rings is 1. The van der Waals surface area contributed by atoms with Crippen LogP contribution >= 0.6 is 0 Å². The van der Waals surface area contributed by atoms with Crippen LogP contribution in [0.3, 0.4) is 0 Å². The molecule has 3 saturated heterocycles. The lowest BCUT2D eigenvalue weighted by Gasteiger charge is -2.41. The fraction of sp³-hybridized carbons (Fsp3) is 0.522. The first kappa shape index (κ1) is 21.7. The van der Waals surface area contributed by atoms with Crippen LogP contribution in [0.15, 0.2) is 18.2 Å². The quantitative estimate of drug-likeness (QED) is 0.519. The molecule has 2 unspecified atom stereocenters. The summed E-state index contributed by atoms with van der Waals surface area (Å²) in [5.41, 5.74) is 1.37. The van der Waals surface area contributed by atoms with Gasteiger partial charge in [0.2, 0.25) is 17.7 Å². The Morgan fingerprint density at radius 2 is 1.67 bits per heavy atom. The van der Waals surface area contributed by atoms with Crippen molar-refractivity contribution in [2.45, 2.75) is 44.3 Å². The molecule has 2 atom stereocenters. The average Bonchev–Trinajstić information content (AvgIpc) is 3.04. The van der Waals surface area contributed by atoms with E-state index in [2.05, 4.69) is 20.9 Å². The zero-order chi connectivity index (χ0) is 23.1. The SMILES string of the molecule is O=C1CN(Cc2ccc3c(c2)C(=O)N(C2CCC(=O)NC2=O)C3=O)C(C2CCNCC2)CN1. The van der Waals surface area contributed by atoms with Crippen molar-refractivity contribution in [3.63, 3.8) is 0 Å². The number of rotatable bonds is 4. The predicted octanol–water partition coefficient (Wildman–Crippen LogP) is -0.612. The van der Waals surface area contributed by atoms with E-state index in [0.717, 1.165) is 36.4 Å². The highest BCUT2D eigenvalue weighted by Gasteiger charge is 2.44. The van der Waals surface area contributed by atoms with Gasteiger partial charge >= 0.3 is 0 Å². The fourth-order valence-corrected chi connectivity index (χ4v) is 5.42. The Bertz CT molecular complexity index is 1030. The summed E-state index contributed by atoms with van der Waals surface area (Å²) in [5.74, 6) is -1.59. The van der Waals surface area contributed by atoms with E-state index in [1.54, 1.807) is 12.1 Å². The Morgan fingerprint density at radius 3 is 2.42 bits per heavy atom. The zero-order valence-corrected chi connectivity index (χ0v) is 18.3. The summed E-state index contributed by atoms with van der Waals surface area (Å²) in [7, 11) is 0. The van der Waals surface area contributed by atoms with Crippen molar-refractivity contribution in [2.75, 3.05) is 26.2 Å². The number of amides is 5. The van der Waals surface area contributed by atoms with Crippen molar-refractivity contribution in [3.8, 4) is 0 Å². The minimum Gasteiger partial charge on any atom is -0.353 e. The molecule has 0 aliphatic carbocycles. The number of piperazine rings is 1. The minimum absolute atomic E-state index is 0.0170. The first-order valence-corrected chi connectivity index (χ1v) is 11.5. The third-order valence-corrected chi connectivity index (χ3v) is 7.14. The van der Waals surface area contributed by atoms with Gasteiger partial charge < -0.3 is 10.6 Å². The number of nitrogens with one attached hydrogen (secondary N) is 3. The van der Waals surface area contributed by atoms with E-state index < -0.39 is 29.7 Å². The standard InChI is InChI=1S/C23H27N5O5/c29-19-4-3-17(21(31)26-19)28-22(32)15-2-1-13(9-16(15)23(28)33)11-27-12-20(30)25-10-18(27)14-5-7-24-8-6-14/h1-2,9,14,17-18,24H,3-8,10-12H2,(H,25,30)(H,26,29,31). The van der Waals surface area contributed by atoms with Crippen molar-refractivity contribution in [1.29, 1.82) is 0 Å². The van der Waals surface area contributed by atoms with Gasteiger partial charge in [-0.05, 0) is 56.0 Å². The second-order valence-corrected chi connectivity index (χ2v) is 9.19. The lowest BCUT2D eigenvalue weighted by Crippen LogP contribution is -2.57. The van der Waals surface area contributed by atoms with Gasteiger partial charge in [-0.1, -0.05) is 6.07 Å². The van der Waals surface area contributed by atoms with Crippen molar-refractivity contribution in [1.82, 2.24) is 25.8 Å². The maximum absolute atomic E-state index is 13.1. The molecular weight excluding hydrogens is 426 g/mol. The Hall–Kier alpha value is -3.11. The normalized spacial score (nSPS) is 26.9. The highest BCUT2D eigenvalue weighted by Crippen LogP contribution is 2.30. The molecule has 1 aromatic carbocycles. The van der Waals surface area contributed by atoms with Crippen LogP contribution in [0.2, 0.25) is 0 Å².